The highest BCUT2D eigenvalue weighted by Crippen LogP contribution is 2.03. The van der Waals surface area contributed by atoms with Crippen molar-refractivity contribution >= 4 is 11.6 Å². The number of rotatable bonds is 1. The Kier molecular flexibility index (Phi) is 4.67. The van der Waals surface area contributed by atoms with E-state index < -0.39 is 0 Å². The van der Waals surface area contributed by atoms with Crippen LogP contribution in [0.25, 0.3) is 0 Å². The van der Waals surface area contributed by atoms with Crippen molar-refractivity contribution in [2.24, 2.45) is 0 Å². The Morgan fingerprint density at radius 2 is 2.30 bits per heavy atom. The molecule has 0 spiro atoms. The molecule has 56 valence electrons. The summed E-state index contributed by atoms with van der Waals surface area (Å²) in [5.41, 5.74) is 0. The third-order valence-electron chi connectivity index (χ3n) is 0.926. The van der Waals surface area contributed by atoms with Crippen molar-refractivity contribution in [2.45, 2.75) is 13.5 Å². The van der Waals surface area contributed by atoms with Crippen LogP contribution in [0.3, 0.4) is 0 Å². The summed E-state index contributed by atoms with van der Waals surface area (Å²) in [5, 5.41) is 4.62. The van der Waals surface area contributed by atoms with Crippen molar-refractivity contribution in [3.8, 4) is 0 Å². The minimum atomic E-state index is 0.701. The zero-order valence-electron chi connectivity index (χ0n) is 6.05. The molecule has 0 unspecified atom stereocenters. The van der Waals surface area contributed by atoms with Gasteiger partial charge < -0.3 is 0 Å². The summed E-state index contributed by atoms with van der Waals surface area (Å²) >= 11 is 5.56. The Balaban J connectivity index is 0.000000371. The molecule has 0 saturated carbocycles. The molecular weight excluding hydrogens is 148 g/mol. The van der Waals surface area contributed by atoms with E-state index >= 15 is 0 Å². The molecule has 0 bridgehead atoms. The van der Waals surface area contributed by atoms with Gasteiger partial charge in [0.25, 0.3) is 0 Å². The fourth-order valence-electron chi connectivity index (χ4n) is 0.511. The smallest absolute Gasteiger partial charge is 0.0785 e. The van der Waals surface area contributed by atoms with E-state index in [1.54, 1.807) is 17.1 Å². The molecule has 10 heavy (non-hydrogen) atoms. The Labute approximate surface area is 66.1 Å². The third-order valence-corrected chi connectivity index (χ3v) is 1.12. The molecule has 0 fully saturated rings. The maximum absolute atomic E-state index is 5.56. The van der Waals surface area contributed by atoms with E-state index in [9.17, 15) is 0 Å². The maximum atomic E-state index is 5.56. The molecule has 0 aliphatic heterocycles. The zero-order chi connectivity index (χ0) is 7.98. The molecule has 0 aliphatic rings. The summed E-state index contributed by atoms with van der Waals surface area (Å²) in [7, 11) is 0. The van der Waals surface area contributed by atoms with E-state index in [1.165, 1.54) is 0 Å². The normalized spacial score (nSPS) is 8.20. The highest BCUT2D eigenvalue weighted by Gasteiger charge is 1.88. The maximum Gasteiger partial charge on any atom is 0.0785 e. The number of aromatic nitrogens is 2. The molecular formula is C7H11ClN2. The van der Waals surface area contributed by atoms with Crippen LogP contribution in [0.2, 0.25) is 5.02 Å². The first kappa shape index (κ1) is 9.24. The van der Waals surface area contributed by atoms with Gasteiger partial charge in [-0.25, -0.2) is 0 Å². The number of hydrogen-bond donors (Lipinski definition) is 0. The fraction of sp³-hybridized carbons (Fsp3) is 0.286. The Morgan fingerprint density at radius 1 is 1.70 bits per heavy atom. The van der Waals surface area contributed by atoms with Crippen LogP contribution in [0.1, 0.15) is 6.92 Å². The van der Waals surface area contributed by atoms with Crippen molar-refractivity contribution in [3.63, 3.8) is 0 Å². The van der Waals surface area contributed by atoms with Gasteiger partial charge in [0.2, 0.25) is 0 Å². The van der Waals surface area contributed by atoms with Gasteiger partial charge in [0, 0.05) is 12.7 Å². The topological polar surface area (TPSA) is 17.8 Å². The van der Waals surface area contributed by atoms with Crippen LogP contribution >= 0.6 is 11.6 Å². The lowest BCUT2D eigenvalue weighted by atomic mass is 10.7. The van der Waals surface area contributed by atoms with Gasteiger partial charge >= 0.3 is 0 Å². The zero-order valence-corrected chi connectivity index (χ0v) is 6.80. The Hall–Kier alpha value is -0.760. The summed E-state index contributed by atoms with van der Waals surface area (Å²) in [5.74, 6) is 0. The average Bonchev–Trinajstić information content (AvgIpc) is 2.40. The standard InChI is InChI=1S/C5H7ClN2.C2H4/c1-2-8-4-5(6)3-7-8;1-2/h3-4H,2H2,1H3;1-2H2. The molecule has 0 aliphatic carbocycles. The molecule has 0 radical (unpaired) electrons. The largest absolute Gasteiger partial charge is 0.271 e. The van der Waals surface area contributed by atoms with E-state index in [0.717, 1.165) is 6.54 Å². The number of nitrogens with zero attached hydrogens (tertiary/aromatic N) is 2. The lowest BCUT2D eigenvalue weighted by Gasteiger charge is -1.87. The molecule has 2 nitrogen and oxygen atoms in total. The molecule has 1 aromatic rings. The fourth-order valence-corrected chi connectivity index (χ4v) is 0.668. The van der Waals surface area contributed by atoms with Gasteiger partial charge in [-0.05, 0) is 6.92 Å². The number of hydrogen-bond acceptors (Lipinski definition) is 1. The SMILES string of the molecule is C=C.CCn1cc(Cl)cn1. The lowest BCUT2D eigenvalue weighted by Crippen LogP contribution is -1.91. The Morgan fingerprint density at radius 3 is 2.50 bits per heavy atom. The second kappa shape index (κ2) is 5.06. The second-order valence-corrected chi connectivity index (χ2v) is 1.95. The van der Waals surface area contributed by atoms with Crippen LogP contribution < -0.4 is 0 Å². The highest BCUT2D eigenvalue weighted by molar-refractivity contribution is 6.30. The summed E-state index contributed by atoms with van der Waals surface area (Å²) in [6, 6.07) is 0. The van der Waals surface area contributed by atoms with E-state index in [2.05, 4.69) is 18.3 Å². The molecule has 1 heterocycles. The summed E-state index contributed by atoms with van der Waals surface area (Å²) in [6.07, 6.45) is 3.42. The molecule has 1 rings (SSSR count). The quantitative estimate of drug-likeness (QED) is 0.574. The van der Waals surface area contributed by atoms with Gasteiger partial charge in [-0.1, -0.05) is 11.6 Å². The molecule has 0 saturated heterocycles. The van der Waals surface area contributed by atoms with Gasteiger partial charge in [-0.15, -0.1) is 13.2 Å². The summed E-state index contributed by atoms with van der Waals surface area (Å²) in [4.78, 5) is 0. The Bertz CT molecular complexity index is 183. The predicted octanol–water partition coefficient (Wildman–Crippen LogP) is 2.36. The van der Waals surface area contributed by atoms with Crippen molar-refractivity contribution < 1.29 is 0 Å². The monoisotopic (exact) mass is 158 g/mol. The van der Waals surface area contributed by atoms with Crippen LogP contribution in [0.5, 0.6) is 0 Å². The van der Waals surface area contributed by atoms with Gasteiger partial charge in [-0.2, -0.15) is 5.10 Å². The van der Waals surface area contributed by atoms with Crippen LogP contribution in [0.15, 0.2) is 25.6 Å². The van der Waals surface area contributed by atoms with Gasteiger partial charge in [-0.3, -0.25) is 4.68 Å². The molecule has 0 N–H and O–H groups in total. The second-order valence-electron chi connectivity index (χ2n) is 1.51. The average molecular weight is 159 g/mol. The minimum Gasteiger partial charge on any atom is -0.271 e. The van der Waals surface area contributed by atoms with Crippen molar-refractivity contribution in [1.29, 1.82) is 0 Å². The van der Waals surface area contributed by atoms with Gasteiger partial charge in [0.1, 0.15) is 0 Å². The first-order valence-corrected chi connectivity index (χ1v) is 3.38. The van der Waals surface area contributed by atoms with E-state index in [1.807, 2.05) is 6.92 Å². The molecule has 3 heteroatoms. The summed E-state index contributed by atoms with van der Waals surface area (Å²) < 4.78 is 1.78. The third kappa shape index (κ3) is 2.69. The van der Waals surface area contributed by atoms with Crippen LogP contribution in [0.4, 0.5) is 0 Å². The van der Waals surface area contributed by atoms with Gasteiger partial charge in [0.15, 0.2) is 0 Å². The van der Waals surface area contributed by atoms with Gasteiger partial charge in [0.05, 0.1) is 11.2 Å². The molecule has 1 aromatic heterocycles. The molecule has 0 aromatic carbocycles. The van der Waals surface area contributed by atoms with E-state index in [4.69, 9.17) is 11.6 Å². The highest BCUT2D eigenvalue weighted by atomic mass is 35.5. The first-order chi connectivity index (χ1) is 4.83. The number of halogens is 1. The predicted molar refractivity (Wildman–Crippen MR) is 44.2 cm³/mol. The van der Waals surface area contributed by atoms with E-state index in [-0.39, 0.29) is 0 Å². The van der Waals surface area contributed by atoms with E-state index in [0.29, 0.717) is 5.02 Å². The van der Waals surface area contributed by atoms with Crippen molar-refractivity contribution in [1.82, 2.24) is 9.78 Å². The minimum absolute atomic E-state index is 0.701. The van der Waals surface area contributed by atoms with Crippen molar-refractivity contribution in [2.75, 3.05) is 0 Å². The lowest BCUT2D eigenvalue weighted by molar-refractivity contribution is 0.660. The number of aryl methyl sites for hydroxylation is 1. The van der Waals surface area contributed by atoms with Crippen LogP contribution in [-0.4, -0.2) is 9.78 Å². The van der Waals surface area contributed by atoms with Crippen LogP contribution in [-0.2, 0) is 6.54 Å². The van der Waals surface area contributed by atoms with Crippen LogP contribution in [0, 0.1) is 0 Å². The van der Waals surface area contributed by atoms with Crippen molar-refractivity contribution in [3.05, 3.63) is 30.6 Å². The first-order valence-electron chi connectivity index (χ1n) is 3.01. The summed E-state index contributed by atoms with van der Waals surface area (Å²) in [6.45, 7) is 8.90. The molecule has 0 atom stereocenters. The molecule has 0 amide bonds.